The molecule has 1 unspecified atom stereocenters. The first kappa shape index (κ1) is 43.8. The molecular weight excluding hydrogens is 771 g/mol. The summed E-state index contributed by atoms with van der Waals surface area (Å²) < 4.78 is 35.5. The van der Waals surface area contributed by atoms with Gasteiger partial charge in [0, 0.05) is 65.0 Å². The number of rotatable bonds is 19. The highest BCUT2D eigenvalue weighted by Crippen LogP contribution is 2.49. The van der Waals surface area contributed by atoms with Crippen LogP contribution in [0.1, 0.15) is 95.2 Å². The zero-order valence-electron chi connectivity index (χ0n) is 36.9. The first-order valence-electron chi connectivity index (χ1n) is 22.5. The number of para-hydroxylation sites is 1. The molecule has 0 amide bonds. The predicted octanol–water partition coefficient (Wildman–Crippen LogP) is 13.6. The van der Waals surface area contributed by atoms with Crippen molar-refractivity contribution in [1.29, 1.82) is 0 Å². The van der Waals surface area contributed by atoms with Crippen molar-refractivity contribution in [1.82, 2.24) is 4.57 Å². The van der Waals surface area contributed by atoms with Gasteiger partial charge in [-0.25, -0.2) is 0 Å². The van der Waals surface area contributed by atoms with Crippen LogP contribution in [0.15, 0.2) is 150 Å². The van der Waals surface area contributed by atoms with Crippen LogP contribution < -0.4 is 9.80 Å². The molecule has 1 N–H and O–H groups in total. The van der Waals surface area contributed by atoms with Gasteiger partial charge in [0.2, 0.25) is 0 Å². The molecule has 0 radical (unpaired) electrons. The van der Waals surface area contributed by atoms with Crippen molar-refractivity contribution in [3.8, 4) is 11.3 Å². The number of allylic oxidation sites excluding steroid dienone is 8. The minimum absolute atomic E-state index is 0.242. The van der Waals surface area contributed by atoms with Gasteiger partial charge in [-0.05, 0) is 132 Å². The van der Waals surface area contributed by atoms with Crippen LogP contribution >= 0.6 is 0 Å². The fraction of sp³-hybridized carbons (Fsp3) is 0.352. The summed E-state index contributed by atoms with van der Waals surface area (Å²) in [6.07, 6.45) is 17.8. The van der Waals surface area contributed by atoms with Gasteiger partial charge in [0.15, 0.2) is 0 Å². The molecule has 2 aliphatic carbocycles. The minimum atomic E-state index is -4.04. The Balaban J connectivity index is 1.40. The van der Waals surface area contributed by atoms with Crippen molar-refractivity contribution in [3.05, 3.63) is 173 Å². The highest BCUT2D eigenvalue weighted by Gasteiger charge is 2.39. The topological polar surface area (TPSA) is 65.8 Å². The maximum Gasteiger partial charge on any atom is 0.264 e. The normalized spacial score (nSPS) is 15.5. The second-order valence-electron chi connectivity index (χ2n) is 17.0. The van der Waals surface area contributed by atoms with Gasteiger partial charge in [-0.15, -0.1) is 0 Å². The van der Waals surface area contributed by atoms with E-state index >= 15 is 0 Å². The third kappa shape index (κ3) is 10.5. The Bertz CT molecular complexity index is 2490. The lowest BCUT2D eigenvalue weighted by atomic mass is 9.74. The Hall–Kier alpha value is -5.24. The Morgan fingerprint density at radius 1 is 0.689 bits per heavy atom. The zero-order chi connectivity index (χ0) is 42.9. The first-order chi connectivity index (χ1) is 29.6. The molecule has 1 aromatic heterocycles. The summed E-state index contributed by atoms with van der Waals surface area (Å²) in [5, 5.41) is 1.19. The van der Waals surface area contributed by atoms with E-state index in [0.29, 0.717) is 19.4 Å². The van der Waals surface area contributed by atoms with E-state index in [1.807, 2.05) is 0 Å². The van der Waals surface area contributed by atoms with Gasteiger partial charge >= 0.3 is 0 Å². The number of aromatic nitrogens is 1. The lowest BCUT2D eigenvalue weighted by Gasteiger charge is -2.34. The van der Waals surface area contributed by atoms with Crippen molar-refractivity contribution in [2.45, 2.75) is 99.0 Å². The van der Waals surface area contributed by atoms with Gasteiger partial charge < -0.3 is 14.4 Å². The number of aryl methyl sites for hydroxylation is 3. The van der Waals surface area contributed by atoms with Gasteiger partial charge in [0.1, 0.15) is 11.3 Å². The maximum atomic E-state index is 11.8. The molecule has 61 heavy (non-hydrogen) atoms. The van der Waals surface area contributed by atoms with E-state index in [-0.39, 0.29) is 11.7 Å². The van der Waals surface area contributed by atoms with Gasteiger partial charge in [0.05, 0.1) is 22.6 Å². The molecule has 1 heterocycles. The van der Waals surface area contributed by atoms with Gasteiger partial charge in [-0.2, -0.15) is 8.42 Å². The van der Waals surface area contributed by atoms with Crippen LogP contribution in [0.2, 0.25) is 0 Å². The molecule has 0 saturated carbocycles. The highest BCUT2D eigenvalue weighted by atomic mass is 32.2. The van der Waals surface area contributed by atoms with Crippen LogP contribution in [-0.2, 0) is 16.7 Å². The molecule has 1 atom stereocenters. The summed E-state index contributed by atoms with van der Waals surface area (Å²) in [6.45, 7) is 13.8. The molecule has 5 aromatic rings. The summed E-state index contributed by atoms with van der Waals surface area (Å²) in [7, 11) is -4.04. The zero-order valence-corrected chi connectivity index (χ0v) is 37.7. The van der Waals surface area contributed by atoms with Crippen LogP contribution in [0.3, 0.4) is 0 Å². The molecule has 7 heteroatoms. The smallest absolute Gasteiger partial charge is 0.264 e. The number of benzene rings is 4. The number of fused-ring (bicyclic) bond motifs is 1. The number of nitrogens with zero attached hydrogens (tertiary/aromatic N) is 3. The molecule has 7 rings (SSSR count). The summed E-state index contributed by atoms with van der Waals surface area (Å²) in [5.41, 5.74) is 15.1. The second-order valence-corrected chi connectivity index (χ2v) is 18.6. The van der Waals surface area contributed by atoms with E-state index in [2.05, 4.69) is 176 Å². The third-order valence-corrected chi connectivity index (χ3v) is 13.2. The molecule has 0 fully saturated rings. The van der Waals surface area contributed by atoms with E-state index in [1.54, 1.807) is 0 Å². The standard InChI is InChI=1S/C54H63N3O3S/c1-6-8-35-55(46-28-21-40(3)22-29-46)47-32-25-43(26-33-47)52(45-27-34-50(42(5)39-45)56(36-9-7-2)48-30-23-41(4)24-31-48)53-49-19-13-14-20-51(49)57(37-15-16-38-61(58,59)60)54(53)44-17-11-10-12-18-44/h10-14,17-25,27-32,34,42H,6-9,15-16,26,33,35-39H2,1-5H3/p+1. The fourth-order valence-corrected chi connectivity index (χ4v) is 9.72. The van der Waals surface area contributed by atoms with E-state index in [0.717, 1.165) is 74.8 Å². The Labute approximate surface area is 365 Å². The van der Waals surface area contributed by atoms with Gasteiger partial charge in [0.25, 0.3) is 10.1 Å². The average molecular weight is 835 g/mol. The number of anilines is 2. The minimum Gasteiger partial charge on any atom is -0.344 e. The molecule has 4 aromatic carbocycles. The van der Waals surface area contributed by atoms with Crippen LogP contribution in [0, 0.1) is 25.7 Å². The van der Waals surface area contributed by atoms with Gasteiger partial charge in [-0.3, -0.25) is 4.55 Å². The van der Waals surface area contributed by atoms with Crippen LogP contribution in [0.4, 0.5) is 11.4 Å². The molecule has 2 aliphatic rings. The fourth-order valence-electron chi connectivity index (χ4n) is 9.15. The van der Waals surface area contributed by atoms with Crippen LogP contribution in [0.5, 0.6) is 0 Å². The van der Waals surface area contributed by atoms with Crippen molar-refractivity contribution in [3.63, 3.8) is 0 Å². The molecule has 0 bridgehead atoms. The van der Waals surface area contributed by atoms with Crippen LogP contribution in [-0.4, -0.2) is 36.4 Å². The Morgan fingerprint density at radius 3 is 1.90 bits per heavy atom. The quantitative estimate of drug-likeness (QED) is 0.0510. The van der Waals surface area contributed by atoms with Crippen molar-refractivity contribution >= 4 is 32.4 Å². The largest absolute Gasteiger partial charge is 0.344 e. The monoisotopic (exact) mass is 834 g/mol. The summed E-state index contributed by atoms with van der Waals surface area (Å²) in [5.74, 6) is 1.34. The number of hydrogen-bond acceptors (Lipinski definition) is 4. The molecule has 318 valence electrons. The lowest BCUT2D eigenvalue weighted by Crippen LogP contribution is -2.29. The average Bonchev–Trinajstić information content (AvgIpc) is 3.58. The molecule has 0 saturated heterocycles. The van der Waals surface area contributed by atoms with Crippen molar-refractivity contribution in [2.75, 3.05) is 28.6 Å². The van der Waals surface area contributed by atoms with E-state index in [9.17, 15) is 13.0 Å². The Kier molecular flexibility index (Phi) is 14.4. The van der Waals surface area contributed by atoms with E-state index in [4.69, 9.17) is 0 Å². The van der Waals surface area contributed by atoms with E-state index in [1.165, 1.54) is 61.9 Å². The first-order valence-corrected chi connectivity index (χ1v) is 24.2. The molecule has 6 nitrogen and oxygen atoms in total. The summed E-state index contributed by atoms with van der Waals surface area (Å²) in [4.78, 5) is 5.07. The van der Waals surface area contributed by atoms with Crippen molar-refractivity contribution in [2.24, 2.45) is 5.92 Å². The number of unbranched alkanes of at least 4 members (excludes halogenated alkanes) is 3. The second kappa shape index (κ2) is 20.1. The van der Waals surface area contributed by atoms with Gasteiger partial charge in [-0.1, -0.05) is 99.3 Å². The third-order valence-electron chi connectivity index (χ3n) is 12.4. The van der Waals surface area contributed by atoms with Crippen molar-refractivity contribution < 1.29 is 13.0 Å². The number of hydrogen-bond donors (Lipinski definition) is 1. The molecular formula is C54H64N3O3S+. The SMILES string of the molecule is CCCCN(C1=CC=C([C+](C2=CC=C(N(CCCC)c3ccc(C)cc3)C(C)C2)c2c(-c3ccccc3)n(CCCCS(=O)(=O)O)c3ccccc23)CC1)c1ccc(C)cc1. The molecule has 0 aliphatic heterocycles. The summed E-state index contributed by atoms with van der Waals surface area (Å²) >= 11 is 0. The van der Waals surface area contributed by atoms with Crippen LogP contribution in [0.25, 0.3) is 22.2 Å². The molecule has 0 spiro atoms. The lowest BCUT2D eigenvalue weighted by molar-refractivity contribution is 0.478. The summed E-state index contributed by atoms with van der Waals surface area (Å²) in [6, 6.07) is 37.3. The Morgan fingerprint density at radius 2 is 1.30 bits per heavy atom. The van der Waals surface area contributed by atoms with E-state index < -0.39 is 10.1 Å². The highest BCUT2D eigenvalue weighted by molar-refractivity contribution is 7.85. The maximum absolute atomic E-state index is 11.8. The predicted molar refractivity (Wildman–Crippen MR) is 258 cm³/mol.